The Hall–Kier alpha value is -0.320. The molecule has 0 fully saturated rings. The van der Waals surface area contributed by atoms with Gasteiger partial charge < -0.3 is 0 Å². The number of nitrogens with two attached hydrogens (primary N) is 1. The average molecular weight is 187 g/mol. The molecule has 0 amide bonds. The maximum Gasteiger partial charge on any atom is 0.122 e. The van der Waals surface area contributed by atoms with Gasteiger partial charge in [-0.2, -0.15) is 0 Å². The molecule has 1 atom stereocenters. The lowest BCUT2D eigenvalue weighted by atomic mass is 10.4. The first-order valence-electron chi connectivity index (χ1n) is 3.04. The molecule has 0 spiro atoms. The minimum absolute atomic E-state index is 0.669. The van der Waals surface area contributed by atoms with Crippen LogP contribution >= 0.6 is 11.8 Å². The molecule has 0 aromatic heterocycles. The van der Waals surface area contributed by atoms with E-state index in [9.17, 15) is 4.21 Å². The van der Waals surface area contributed by atoms with E-state index in [4.69, 9.17) is 5.14 Å². The van der Waals surface area contributed by atoms with Crippen LogP contribution < -0.4 is 5.14 Å². The molecular formula is C7H9NOS2. The van der Waals surface area contributed by atoms with E-state index in [2.05, 4.69) is 0 Å². The molecule has 1 unspecified atom stereocenters. The van der Waals surface area contributed by atoms with Crippen molar-refractivity contribution in [3.8, 4) is 0 Å². The van der Waals surface area contributed by atoms with E-state index in [1.54, 1.807) is 23.9 Å². The number of benzene rings is 1. The summed E-state index contributed by atoms with van der Waals surface area (Å²) in [5.74, 6) is 0. The summed E-state index contributed by atoms with van der Waals surface area (Å²) in [6.07, 6.45) is 1.99. The Labute approximate surface area is 72.8 Å². The van der Waals surface area contributed by atoms with E-state index >= 15 is 0 Å². The van der Waals surface area contributed by atoms with E-state index in [1.165, 1.54) is 0 Å². The third-order valence-corrected chi connectivity index (χ3v) is 2.77. The summed E-state index contributed by atoms with van der Waals surface area (Å²) in [6, 6.07) is 7.37. The second kappa shape index (κ2) is 3.90. The molecule has 1 aromatic rings. The van der Waals surface area contributed by atoms with Gasteiger partial charge in [-0.3, -0.25) is 0 Å². The van der Waals surface area contributed by atoms with Crippen molar-refractivity contribution in [2.24, 2.45) is 5.14 Å². The van der Waals surface area contributed by atoms with Crippen LogP contribution in [0.15, 0.2) is 34.1 Å². The first-order chi connectivity index (χ1) is 5.24. The van der Waals surface area contributed by atoms with Gasteiger partial charge in [-0.25, -0.2) is 9.35 Å². The van der Waals surface area contributed by atoms with Crippen molar-refractivity contribution >= 4 is 22.7 Å². The van der Waals surface area contributed by atoms with Gasteiger partial charge in [-0.15, -0.1) is 11.8 Å². The molecule has 2 nitrogen and oxygen atoms in total. The van der Waals surface area contributed by atoms with Crippen LogP contribution in [0, 0.1) is 0 Å². The molecule has 11 heavy (non-hydrogen) atoms. The molecule has 0 radical (unpaired) electrons. The quantitative estimate of drug-likeness (QED) is 0.711. The monoisotopic (exact) mass is 187 g/mol. The fourth-order valence-electron chi connectivity index (χ4n) is 0.710. The van der Waals surface area contributed by atoms with Crippen molar-refractivity contribution < 1.29 is 4.21 Å². The fourth-order valence-corrected chi connectivity index (χ4v) is 1.52. The highest BCUT2D eigenvalue weighted by molar-refractivity contribution is 7.98. The topological polar surface area (TPSA) is 43.1 Å². The van der Waals surface area contributed by atoms with Crippen LogP contribution in [0.5, 0.6) is 0 Å². The van der Waals surface area contributed by atoms with E-state index in [0.717, 1.165) is 4.90 Å². The van der Waals surface area contributed by atoms with Crippen molar-refractivity contribution in [1.29, 1.82) is 0 Å². The largest absolute Gasteiger partial charge is 0.248 e. The molecule has 0 heterocycles. The van der Waals surface area contributed by atoms with E-state index in [0.29, 0.717) is 4.90 Å². The Morgan fingerprint density at radius 3 is 2.27 bits per heavy atom. The van der Waals surface area contributed by atoms with Gasteiger partial charge in [0.25, 0.3) is 0 Å². The normalized spacial score (nSPS) is 12.9. The van der Waals surface area contributed by atoms with Gasteiger partial charge in [-0.1, -0.05) is 0 Å². The van der Waals surface area contributed by atoms with Crippen molar-refractivity contribution in [3.05, 3.63) is 24.3 Å². The zero-order valence-corrected chi connectivity index (χ0v) is 7.74. The maximum absolute atomic E-state index is 10.7. The van der Waals surface area contributed by atoms with Crippen molar-refractivity contribution in [2.45, 2.75) is 9.79 Å². The van der Waals surface area contributed by atoms with Crippen LogP contribution in [0.1, 0.15) is 0 Å². The predicted octanol–water partition coefficient (Wildman–Crippen LogP) is 1.39. The Bertz CT molecular complexity index is 258. The van der Waals surface area contributed by atoms with Gasteiger partial charge in [0, 0.05) is 4.90 Å². The fraction of sp³-hybridized carbons (Fsp3) is 0.143. The summed E-state index contributed by atoms with van der Waals surface area (Å²) < 4.78 is 10.7. The molecule has 60 valence electrons. The van der Waals surface area contributed by atoms with E-state index in [1.807, 2.05) is 18.4 Å². The first kappa shape index (κ1) is 8.77. The molecule has 0 aliphatic heterocycles. The molecule has 0 bridgehead atoms. The number of hydrogen-bond donors (Lipinski definition) is 1. The molecule has 0 saturated carbocycles. The summed E-state index contributed by atoms with van der Waals surface area (Å²) in [7, 11) is -1.35. The smallest absolute Gasteiger partial charge is 0.122 e. The van der Waals surface area contributed by atoms with Crippen molar-refractivity contribution in [3.63, 3.8) is 0 Å². The van der Waals surface area contributed by atoms with Crippen LogP contribution in [0.2, 0.25) is 0 Å². The highest BCUT2D eigenvalue weighted by Gasteiger charge is 1.95. The van der Waals surface area contributed by atoms with Crippen LogP contribution in [0.25, 0.3) is 0 Å². The lowest BCUT2D eigenvalue weighted by Gasteiger charge is -1.96. The first-order valence-corrected chi connectivity index (χ1v) is 5.48. The molecule has 4 heteroatoms. The standard InChI is InChI=1S/C7H9NOS2/c1-10-6-2-4-7(5-3-6)11(8)9/h2-5H,8H2,1H3. The molecule has 0 aliphatic carbocycles. The zero-order valence-electron chi connectivity index (χ0n) is 6.11. The average Bonchev–Trinajstić information content (AvgIpc) is 2.05. The third-order valence-electron chi connectivity index (χ3n) is 1.29. The summed E-state index contributed by atoms with van der Waals surface area (Å²) in [5.41, 5.74) is 0. The van der Waals surface area contributed by atoms with Gasteiger partial charge in [0.05, 0.1) is 4.90 Å². The number of hydrogen-bond acceptors (Lipinski definition) is 2. The molecule has 1 aromatic carbocycles. The summed E-state index contributed by atoms with van der Waals surface area (Å²) in [5, 5.41) is 5.17. The number of rotatable bonds is 2. The van der Waals surface area contributed by atoms with Crippen LogP contribution in [0.4, 0.5) is 0 Å². The lowest BCUT2D eigenvalue weighted by molar-refractivity contribution is 0.684. The SMILES string of the molecule is CSc1ccc(S(N)=O)cc1. The lowest BCUT2D eigenvalue weighted by Crippen LogP contribution is -2.01. The van der Waals surface area contributed by atoms with Crippen molar-refractivity contribution in [1.82, 2.24) is 0 Å². The highest BCUT2D eigenvalue weighted by Crippen LogP contribution is 2.15. The van der Waals surface area contributed by atoms with Gasteiger partial charge in [-0.05, 0) is 30.5 Å². The second-order valence-corrected chi connectivity index (χ2v) is 3.92. The highest BCUT2D eigenvalue weighted by atomic mass is 32.2. The van der Waals surface area contributed by atoms with Gasteiger partial charge in [0.2, 0.25) is 0 Å². The Morgan fingerprint density at radius 1 is 1.36 bits per heavy atom. The zero-order chi connectivity index (χ0) is 8.27. The minimum atomic E-state index is -1.35. The summed E-state index contributed by atoms with van der Waals surface area (Å²) in [6.45, 7) is 0. The Balaban J connectivity index is 2.91. The van der Waals surface area contributed by atoms with Crippen molar-refractivity contribution in [2.75, 3.05) is 6.26 Å². The predicted molar refractivity (Wildman–Crippen MR) is 48.8 cm³/mol. The van der Waals surface area contributed by atoms with Crippen LogP contribution in [0.3, 0.4) is 0 Å². The van der Waals surface area contributed by atoms with Gasteiger partial charge in [0.15, 0.2) is 0 Å². The van der Waals surface area contributed by atoms with Gasteiger partial charge >= 0.3 is 0 Å². The summed E-state index contributed by atoms with van der Waals surface area (Å²) >= 11 is 1.65. The van der Waals surface area contributed by atoms with Crippen LogP contribution in [-0.2, 0) is 11.0 Å². The molecule has 0 aliphatic rings. The second-order valence-electron chi connectivity index (χ2n) is 1.97. The van der Waals surface area contributed by atoms with E-state index in [-0.39, 0.29) is 0 Å². The molecule has 0 saturated heterocycles. The number of thioether (sulfide) groups is 1. The third kappa shape index (κ3) is 2.32. The molecule has 2 N–H and O–H groups in total. The van der Waals surface area contributed by atoms with Crippen LogP contribution in [-0.4, -0.2) is 10.5 Å². The minimum Gasteiger partial charge on any atom is -0.248 e. The Morgan fingerprint density at radius 2 is 1.91 bits per heavy atom. The van der Waals surface area contributed by atoms with Gasteiger partial charge in [0.1, 0.15) is 11.0 Å². The molecular weight excluding hydrogens is 178 g/mol. The van der Waals surface area contributed by atoms with E-state index < -0.39 is 11.0 Å². The molecule has 1 rings (SSSR count). The summed E-state index contributed by atoms with van der Waals surface area (Å²) in [4.78, 5) is 1.82. The Kier molecular flexibility index (Phi) is 3.11. The maximum atomic E-state index is 10.7.